The third-order valence-electron chi connectivity index (χ3n) is 3.70. The average Bonchev–Trinajstić information content (AvgIpc) is 2.53. The van der Waals surface area contributed by atoms with Gasteiger partial charge in [0.15, 0.2) is 5.11 Å². The minimum atomic E-state index is -0.105. The molecule has 0 aliphatic heterocycles. The number of nitrogens with zero attached hydrogens (tertiary/aromatic N) is 1. The second-order valence-corrected chi connectivity index (χ2v) is 6.41. The summed E-state index contributed by atoms with van der Waals surface area (Å²) in [4.78, 5) is 13.9. The van der Waals surface area contributed by atoms with E-state index in [1.165, 1.54) is 0 Å². The molecule has 2 aromatic carbocycles. The van der Waals surface area contributed by atoms with Crippen molar-refractivity contribution >= 4 is 34.6 Å². The maximum Gasteiger partial charge on any atom is 0.243 e. The van der Waals surface area contributed by atoms with Crippen LogP contribution in [0.4, 0.5) is 11.4 Å². The van der Waals surface area contributed by atoms with Crippen LogP contribution in [0.1, 0.15) is 16.7 Å². The summed E-state index contributed by atoms with van der Waals surface area (Å²) in [6, 6.07) is 13.9. The van der Waals surface area contributed by atoms with Gasteiger partial charge in [0, 0.05) is 18.4 Å². The quantitative estimate of drug-likeness (QED) is 0.829. The molecule has 0 bridgehead atoms. The highest BCUT2D eigenvalue weighted by Crippen LogP contribution is 2.17. The van der Waals surface area contributed by atoms with Crippen LogP contribution < -0.4 is 10.6 Å². The van der Waals surface area contributed by atoms with Gasteiger partial charge in [0.2, 0.25) is 5.91 Å². The molecule has 0 spiro atoms. The Labute approximate surface area is 148 Å². The van der Waals surface area contributed by atoms with Gasteiger partial charge in [0.05, 0.1) is 6.54 Å². The number of rotatable bonds is 4. The van der Waals surface area contributed by atoms with Crippen molar-refractivity contribution in [3.63, 3.8) is 0 Å². The molecule has 0 radical (unpaired) electrons. The van der Waals surface area contributed by atoms with Crippen LogP contribution in [0.25, 0.3) is 0 Å². The van der Waals surface area contributed by atoms with E-state index < -0.39 is 0 Å². The molecule has 2 rings (SSSR count). The molecule has 4 nitrogen and oxygen atoms in total. The number of benzene rings is 2. The Balaban J connectivity index is 1.92. The van der Waals surface area contributed by atoms with E-state index in [-0.39, 0.29) is 12.5 Å². The van der Waals surface area contributed by atoms with Gasteiger partial charge in [-0.3, -0.25) is 4.79 Å². The summed E-state index contributed by atoms with van der Waals surface area (Å²) in [5.41, 5.74) is 5.17. The molecule has 0 saturated heterocycles. The summed E-state index contributed by atoms with van der Waals surface area (Å²) in [7, 11) is 1.80. The standard InChI is InChI=1S/C19H23N3OS/c1-13-6-9-16(10-7-13)20-18(23)12-22(4)19(24)21-17-11-14(2)5-8-15(17)3/h5-11H,12H2,1-4H3,(H,20,23)(H,21,24). The fourth-order valence-corrected chi connectivity index (χ4v) is 2.38. The summed E-state index contributed by atoms with van der Waals surface area (Å²) in [6.45, 7) is 6.25. The van der Waals surface area contributed by atoms with Gasteiger partial charge in [-0.15, -0.1) is 0 Å². The van der Waals surface area contributed by atoms with Gasteiger partial charge in [-0.2, -0.15) is 0 Å². The van der Waals surface area contributed by atoms with Gasteiger partial charge in [0.1, 0.15) is 0 Å². The molecule has 0 aliphatic carbocycles. The lowest BCUT2D eigenvalue weighted by molar-refractivity contribution is -0.116. The van der Waals surface area contributed by atoms with E-state index in [2.05, 4.69) is 16.7 Å². The zero-order valence-corrected chi connectivity index (χ0v) is 15.3. The lowest BCUT2D eigenvalue weighted by atomic mass is 10.1. The monoisotopic (exact) mass is 341 g/mol. The number of hydrogen-bond acceptors (Lipinski definition) is 2. The van der Waals surface area contributed by atoms with Crippen molar-refractivity contribution in [3.05, 3.63) is 59.2 Å². The van der Waals surface area contributed by atoms with E-state index >= 15 is 0 Å². The third-order valence-corrected chi connectivity index (χ3v) is 4.11. The normalized spacial score (nSPS) is 10.2. The molecule has 1 amide bonds. The minimum absolute atomic E-state index is 0.105. The van der Waals surface area contributed by atoms with E-state index in [0.717, 1.165) is 28.1 Å². The number of aryl methyl sites for hydroxylation is 3. The number of thiocarbonyl (C=S) groups is 1. The Morgan fingerprint density at radius 2 is 1.62 bits per heavy atom. The number of anilines is 2. The number of amides is 1. The van der Waals surface area contributed by atoms with Crippen molar-refractivity contribution < 1.29 is 4.79 Å². The van der Waals surface area contributed by atoms with Crippen molar-refractivity contribution in [2.75, 3.05) is 24.2 Å². The van der Waals surface area contributed by atoms with Crippen LogP contribution in [-0.4, -0.2) is 29.5 Å². The van der Waals surface area contributed by atoms with Crippen molar-refractivity contribution in [1.29, 1.82) is 0 Å². The molecule has 0 heterocycles. The van der Waals surface area contributed by atoms with Crippen LogP contribution in [0.2, 0.25) is 0 Å². The van der Waals surface area contributed by atoms with Crippen molar-refractivity contribution in [3.8, 4) is 0 Å². The van der Waals surface area contributed by atoms with Crippen LogP contribution in [0.3, 0.4) is 0 Å². The Morgan fingerprint density at radius 1 is 1.00 bits per heavy atom. The predicted molar refractivity (Wildman–Crippen MR) is 105 cm³/mol. The van der Waals surface area contributed by atoms with Crippen LogP contribution >= 0.6 is 12.2 Å². The summed E-state index contributed by atoms with van der Waals surface area (Å²) < 4.78 is 0. The molecular formula is C19H23N3OS. The largest absolute Gasteiger partial charge is 0.343 e. The smallest absolute Gasteiger partial charge is 0.243 e. The number of nitrogens with one attached hydrogen (secondary N) is 2. The molecule has 0 saturated carbocycles. The van der Waals surface area contributed by atoms with Crippen LogP contribution in [0, 0.1) is 20.8 Å². The zero-order valence-electron chi connectivity index (χ0n) is 14.5. The van der Waals surface area contributed by atoms with Gasteiger partial charge in [-0.25, -0.2) is 0 Å². The molecule has 5 heteroatoms. The van der Waals surface area contributed by atoms with Crippen molar-refractivity contribution in [2.24, 2.45) is 0 Å². The number of hydrogen-bond donors (Lipinski definition) is 2. The Morgan fingerprint density at radius 3 is 2.29 bits per heavy atom. The molecule has 126 valence electrons. The number of carbonyl (C=O) groups excluding carboxylic acids is 1. The summed E-state index contributed by atoms with van der Waals surface area (Å²) in [5, 5.41) is 6.59. The lowest BCUT2D eigenvalue weighted by Gasteiger charge is -2.21. The maximum absolute atomic E-state index is 12.1. The van der Waals surface area contributed by atoms with E-state index in [4.69, 9.17) is 12.2 Å². The molecule has 0 fully saturated rings. The molecule has 24 heavy (non-hydrogen) atoms. The van der Waals surface area contributed by atoms with Crippen LogP contribution in [0.15, 0.2) is 42.5 Å². The van der Waals surface area contributed by atoms with Gasteiger partial charge in [0.25, 0.3) is 0 Å². The zero-order chi connectivity index (χ0) is 17.7. The van der Waals surface area contributed by atoms with Gasteiger partial charge in [-0.1, -0.05) is 29.8 Å². The Kier molecular flexibility index (Phi) is 5.93. The fraction of sp³-hybridized carbons (Fsp3) is 0.263. The van der Waals surface area contributed by atoms with E-state index in [9.17, 15) is 4.79 Å². The number of carbonyl (C=O) groups is 1. The van der Waals surface area contributed by atoms with Crippen molar-refractivity contribution in [1.82, 2.24) is 4.90 Å². The highest BCUT2D eigenvalue weighted by molar-refractivity contribution is 7.80. The molecule has 0 atom stereocenters. The first kappa shape index (κ1) is 17.9. The molecule has 0 aromatic heterocycles. The fourth-order valence-electron chi connectivity index (χ4n) is 2.21. The average molecular weight is 341 g/mol. The van der Waals surface area contributed by atoms with E-state index in [0.29, 0.717) is 5.11 Å². The Bertz CT molecular complexity index is 741. The first-order valence-electron chi connectivity index (χ1n) is 7.81. The molecular weight excluding hydrogens is 318 g/mol. The van der Waals surface area contributed by atoms with Gasteiger partial charge < -0.3 is 15.5 Å². The first-order chi connectivity index (χ1) is 11.3. The SMILES string of the molecule is Cc1ccc(NC(=O)CN(C)C(=S)Nc2cc(C)ccc2C)cc1. The van der Waals surface area contributed by atoms with E-state index in [1.54, 1.807) is 11.9 Å². The Hall–Kier alpha value is -2.40. The molecule has 0 aliphatic rings. The summed E-state index contributed by atoms with van der Waals surface area (Å²) in [5.74, 6) is -0.105. The van der Waals surface area contributed by atoms with Crippen LogP contribution in [-0.2, 0) is 4.79 Å². The van der Waals surface area contributed by atoms with E-state index in [1.807, 2.05) is 57.2 Å². The first-order valence-corrected chi connectivity index (χ1v) is 8.22. The highest BCUT2D eigenvalue weighted by atomic mass is 32.1. The van der Waals surface area contributed by atoms with Crippen molar-refractivity contribution in [2.45, 2.75) is 20.8 Å². The maximum atomic E-state index is 12.1. The minimum Gasteiger partial charge on any atom is -0.343 e. The second-order valence-electron chi connectivity index (χ2n) is 6.02. The topological polar surface area (TPSA) is 44.4 Å². The molecule has 0 unspecified atom stereocenters. The molecule has 2 N–H and O–H groups in total. The third kappa shape index (κ3) is 5.06. The molecule has 2 aromatic rings. The predicted octanol–water partition coefficient (Wildman–Crippen LogP) is 3.88. The van der Waals surface area contributed by atoms with Crippen LogP contribution in [0.5, 0.6) is 0 Å². The summed E-state index contributed by atoms with van der Waals surface area (Å²) in [6.07, 6.45) is 0. The lowest BCUT2D eigenvalue weighted by Crippen LogP contribution is -2.37. The second kappa shape index (κ2) is 7.93. The van der Waals surface area contributed by atoms with Gasteiger partial charge in [-0.05, 0) is 62.3 Å². The number of likely N-dealkylation sites (N-methyl/N-ethyl adjacent to an activating group) is 1. The highest BCUT2D eigenvalue weighted by Gasteiger charge is 2.11. The van der Waals surface area contributed by atoms with Gasteiger partial charge >= 0.3 is 0 Å². The summed E-state index contributed by atoms with van der Waals surface area (Å²) >= 11 is 5.40.